The first-order valence-corrected chi connectivity index (χ1v) is 9.92. The van der Waals surface area contributed by atoms with Crippen LogP contribution in [0, 0.1) is 5.92 Å². The number of rotatable bonds is 8. The van der Waals surface area contributed by atoms with Gasteiger partial charge in [-0.15, -0.1) is 0 Å². The molecule has 1 unspecified atom stereocenters. The van der Waals surface area contributed by atoms with Gasteiger partial charge in [-0.3, -0.25) is 0 Å². The van der Waals surface area contributed by atoms with E-state index in [1.54, 1.807) is 18.9 Å². The number of hydrogen-bond acceptors (Lipinski definition) is 7. The molecule has 10 heteroatoms. The summed E-state index contributed by atoms with van der Waals surface area (Å²) in [4.78, 5) is 4.13. The maximum atomic E-state index is 12.3. The largest absolute Gasteiger partial charge is 0.384 e. The molecule has 0 aromatic carbocycles. The number of aromatic nitrogens is 2. The zero-order chi connectivity index (χ0) is 16.0. The molecule has 0 aliphatic carbocycles. The predicted molar refractivity (Wildman–Crippen MR) is 83.4 cm³/mol. The van der Waals surface area contributed by atoms with Gasteiger partial charge in [-0.25, -0.2) is 0 Å². The molecule has 0 radical (unpaired) electrons. The Bertz CT molecular complexity index is 561. The third-order valence-corrected chi connectivity index (χ3v) is 5.48. The number of nitrogens with zero attached hydrogens (tertiary/aromatic N) is 3. The van der Waals surface area contributed by atoms with Crippen molar-refractivity contribution in [3.8, 4) is 0 Å². The second-order valence-corrected chi connectivity index (χ2v) is 7.81. The van der Waals surface area contributed by atoms with Crippen molar-refractivity contribution in [1.82, 2.24) is 19.2 Å². The van der Waals surface area contributed by atoms with Crippen LogP contribution in [0.25, 0.3) is 0 Å². The van der Waals surface area contributed by atoms with Crippen LogP contribution in [0.2, 0.25) is 0 Å². The molecule has 0 spiro atoms. The van der Waals surface area contributed by atoms with E-state index in [2.05, 4.69) is 14.9 Å². The van der Waals surface area contributed by atoms with Crippen molar-refractivity contribution in [2.75, 3.05) is 33.1 Å². The molecule has 1 N–H and O–H groups in total. The molecule has 22 heavy (non-hydrogen) atoms. The minimum atomic E-state index is -3.54. The van der Waals surface area contributed by atoms with Crippen molar-refractivity contribution in [3.05, 3.63) is 11.7 Å². The third kappa shape index (κ3) is 4.92. The van der Waals surface area contributed by atoms with Crippen LogP contribution in [-0.4, -0.2) is 55.9 Å². The van der Waals surface area contributed by atoms with Crippen LogP contribution in [0.15, 0.2) is 4.52 Å². The van der Waals surface area contributed by atoms with Crippen LogP contribution in [0.5, 0.6) is 0 Å². The fourth-order valence-corrected chi connectivity index (χ4v) is 4.05. The highest BCUT2D eigenvalue weighted by atomic mass is 32.2. The van der Waals surface area contributed by atoms with Gasteiger partial charge < -0.3 is 9.26 Å². The monoisotopic (exact) mass is 350 g/mol. The number of hydrogen-bond donors (Lipinski definition) is 1. The molecule has 1 aliphatic rings. The highest BCUT2D eigenvalue weighted by Crippen LogP contribution is 2.19. The maximum absolute atomic E-state index is 12.3. The topological polar surface area (TPSA) is 97.6 Å². The minimum absolute atomic E-state index is 0.00909. The van der Waals surface area contributed by atoms with E-state index in [1.807, 2.05) is 6.26 Å². The summed E-state index contributed by atoms with van der Waals surface area (Å²) < 4.78 is 38.8. The molecular weight excluding hydrogens is 328 g/mol. The van der Waals surface area contributed by atoms with Crippen molar-refractivity contribution in [2.45, 2.75) is 25.1 Å². The highest BCUT2D eigenvalue weighted by Gasteiger charge is 2.29. The van der Waals surface area contributed by atoms with Gasteiger partial charge in [0.2, 0.25) is 5.89 Å². The first-order chi connectivity index (χ1) is 10.5. The van der Waals surface area contributed by atoms with Crippen molar-refractivity contribution in [2.24, 2.45) is 5.92 Å². The first-order valence-electron chi connectivity index (χ1n) is 7.09. The summed E-state index contributed by atoms with van der Waals surface area (Å²) in [5, 5.41) is 3.78. The number of methoxy groups -OCH3 is 1. The number of thioether (sulfide) groups is 1. The molecule has 2 rings (SSSR count). The van der Waals surface area contributed by atoms with Crippen molar-refractivity contribution in [3.63, 3.8) is 0 Å². The molecule has 1 saturated heterocycles. The summed E-state index contributed by atoms with van der Waals surface area (Å²) in [6.07, 6.45) is 3.76. The Hall–Kier alpha value is -0.680. The molecule has 0 amide bonds. The van der Waals surface area contributed by atoms with E-state index < -0.39 is 10.2 Å². The van der Waals surface area contributed by atoms with Crippen LogP contribution in [0.3, 0.4) is 0 Å². The molecular formula is C12H22N4O4S2. The summed E-state index contributed by atoms with van der Waals surface area (Å²) in [5.41, 5.74) is 0. The van der Waals surface area contributed by atoms with Crippen LogP contribution in [-0.2, 0) is 27.2 Å². The summed E-state index contributed by atoms with van der Waals surface area (Å²) in [7, 11) is -1.91. The van der Waals surface area contributed by atoms with Gasteiger partial charge >= 0.3 is 0 Å². The zero-order valence-corrected chi connectivity index (χ0v) is 14.5. The molecule has 126 valence electrons. The molecule has 0 bridgehead atoms. The molecule has 0 saturated carbocycles. The smallest absolute Gasteiger partial charge is 0.279 e. The fraction of sp³-hybridized carbons (Fsp3) is 0.833. The fourth-order valence-electron chi connectivity index (χ4n) is 2.41. The summed E-state index contributed by atoms with van der Waals surface area (Å²) in [6, 6.07) is 0. The summed E-state index contributed by atoms with van der Waals surface area (Å²) in [5.74, 6) is 1.73. The van der Waals surface area contributed by atoms with E-state index >= 15 is 0 Å². The van der Waals surface area contributed by atoms with Gasteiger partial charge in [0.1, 0.15) is 0 Å². The third-order valence-electron chi connectivity index (χ3n) is 3.41. The summed E-state index contributed by atoms with van der Waals surface area (Å²) in [6.45, 7) is 1.59. The van der Waals surface area contributed by atoms with Gasteiger partial charge in [0.05, 0.1) is 18.9 Å². The minimum Gasteiger partial charge on any atom is -0.384 e. The van der Waals surface area contributed by atoms with E-state index in [0.29, 0.717) is 31.3 Å². The average Bonchev–Trinajstić information content (AvgIpc) is 2.94. The number of piperidine rings is 1. The van der Waals surface area contributed by atoms with E-state index in [0.717, 1.165) is 12.8 Å². The lowest BCUT2D eigenvalue weighted by Crippen LogP contribution is -2.46. The van der Waals surface area contributed by atoms with Crippen LogP contribution < -0.4 is 4.72 Å². The van der Waals surface area contributed by atoms with Crippen LogP contribution >= 0.6 is 11.8 Å². The molecule has 1 atom stereocenters. The lowest BCUT2D eigenvalue weighted by molar-refractivity contribution is 0.118. The number of nitrogens with one attached hydrogen (secondary N) is 1. The molecule has 1 aliphatic heterocycles. The molecule has 1 aromatic heterocycles. The average molecular weight is 350 g/mol. The zero-order valence-electron chi connectivity index (χ0n) is 12.8. The Kier molecular flexibility index (Phi) is 6.63. The summed E-state index contributed by atoms with van der Waals surface area (Å²) >= 11 is 1.58. The van der Waals surface area contributed by atoms with Gasteiger partial charge in [0.25, 0.3) is 10.2 Å². The van der Waals surface area contributed by atoms with Crippen LogP contribution in [0.1, 0.15) is 24.6 Å². The highest BCUT2D eigenvalue weighted by molar-refractivity contribution is 7.97. The lowest BCUT2D eigenvalue weighted by Gasteiger charge is -2.31. The standard InChI is InChI=1S/C12H22N4O4S2/c1-19-8-10-4-3-5-16(7-10)22(17,18)13-6-12-14-11(9-21-2)15-20-12/h10,13H,3-9H2,1-2H3. The van der Waals surface area contributed by atoms with Gasteiger partial charge in [-0.2, -0.15) is 34.2 Å². The molecule has 8 nitrogen and oxygen atoms in total. The Morgan fingerprint density at radius 1 is 1.55 bits per heavy atom. The van der Waals surface area contributed by atoms with Crippen molar-refractivity contribution < 1.29 is 17.7 Å². The first kappa shape index (κ1) is 17.7. The Labute approximate surface area is 135 Å². The molecule has 1 fully saturated rings. The Morgan fingerprint density at radius 2 is 2.36 bits per heavy atom. The predicted octanol–water partition coefficient (Wildman–Crippen LogP) is 0.625. The SMILES string of the molecule is COCC1CCCN(S(=O)(=O)NCc2nc(CSC)no2)C1. The van der Waals surface area contributed by atoms with E-state index in [1.165, 1.54) is 4.31 Å². The number of ether oxygens (including phenoxy) is 1. The van der Waals surface area contributed by atoms with Crippen LogP contribution in [0.4, 0.5) is 0 Å². The second-order valence-electron chi connectivity index (χ2n) is 5.19. The maximum Gasteiger partial charge on any atom is 0.279 e. The normalized spacial score (nSPS) is 20.4. The van der Waals surface area contributed by atoms with E-state index in [9.17, 15) is 8.42 Å². The molecule has 2 heterocycles. The second kappa shape index (κ2) is 8.25. The Balaban J connectivity index is 1.89. The van der Waals surface area contributed by atoms with Gasteiger partial charge in [0, 0.05) is 20.2 Å². The van der Waals surface area contributed by atoms with Gasteiger partial charge in [0.15, 0.2) is 5.82 Å². The van der Waals surface area contributed by atoms with E-state index in [-0.39, 0.29) is 18.4 Å². The van der Waals surface area contributed by atoms with Gasteiger partial charge in [-0.05, 0) is 25.0 Å². The van der Waals surface area contributed by atoms with Crippen molar-refractivity contribution >= 4 is 22.0 Å². The van der Waals surface area contributed by atoms with Gasteiger partial charge in [-0.1, -0.05) is 5.16 Å². The molecule has 1 aromatic rings. The lowest BCUT2D eigenvalue weighted by atomic mass is 10.0. The van der Waals surface area contributed by atoms with Crippen molar-refractivity contribution in [1.29, 1.82) is 0 Å². The Morgan fingerprint density at radius 3 is 3.09 bits per heavy atom. The quantitative estimate of drug-likeness (QED) is 0.734. The van der Waals surface area contributed by atoms with E-state index in [4.69, 9.17) is 9.26 Å².